The van der Waals surface area contributed by atoms with Crippen LogP contribution in [0.25, 0.3) is 6.08 Å². The lowest BCUT2D eigenvalue weighted by atomic mass is 10.2. The van der Waals surface area contributed by atoms with E-state index in [4.69, 9.17) is 0 Å². The smallest absolute Gasteiger partial charge is 0.274 e. The van der Waals surface area contributed by atoms with Crippen molar-refractivity contribution in [2.45, 2.75) is 19.6 Å². The summed E-state index contributed by atoms with van der Waals surface area (Å²) in [5, 5.41) is 4.14. The van der Waals surface area contributed by atoms with Crippen molar-refractivity contribution < 1.29 is 21.6 Å². The average Bonchev–Trinajstić information content (AvgIpc) is 2.83. The van der Waals surface area contributed by atoms with Crippen LogP contribution in [0.1, 0.15) is 17.0 Å². The monoisotopic (exact) mass is 390 g/mol. The zero-order chi connectivity index (χ0) is 19.5. The van der Waals surface area contributed by atoms with Crippen molar-refractivity contribution in [2.24, 2.45) is 7.05 Å². The molecule has 0 radical (unpaired) electrons. The van der Waals surface area contributed by atoms with E-state index in [0.717, 1.165) is 18.0 Å². The fraction of sp³-hybridized carbons (Fsp3) is 0.333. The van der Waals surface area contributed by atoms with Crippen LogP contribution in [0, 0.1) is 6.92 Å². The van der Waals surface area contributed by atoms with Gasteiger partial charge in [0.25, 0.3) is 0 Å². The van der Waals surface area contributed by atoms with Crippen LogP contribution in [0.15, 0.2) is 34.5 Å². The van der Waals surface area contributed by atoms with Gasteiger partial charge >= 0.3 is 11.9 Å². The molecule has 0 bridgehead atoms. The fourth-order valence-corrected chi connectivity index (χ4v) is 2.88. The van der Waals surface area contributed by atoms with E-state index < -0.39 is 27.7 Å². The normalized spacial score (nSPS) is 12.8. The van der Waals surface area contributed by atoms with E-state index in [1.807, 2.05) is 19.1 Å². The quantitative estimate of drug-likeness (QED) is 0.810. The van der Waals surface area contributed by atoms with Gasteiger partial charge in [0.2, 0.25) is 15.8 Å². The molecule has 1 heterocycles. The Morgan fingerprint density at radius 3 is 2.38 bits per heavy atom. The number of alkyl halides is 3. The Bertz CT molecular complexity index is 958. The predicted molar refractivity (Wildman–Crippen MR) is 89.6 cm³/mol. The molecular formula is C15H17F3N4O3S. The van der Waals surface area contributed by atoms with Gasteiger partial charge in [0.1, 0.15) is 0 Å². The molecule has 1 N–H and O–H groups in total. The van der Waals surface area contributed by atoms with Gasteiger partial charge in [0.15, 0.2) is 0 Å². The fourth-order valence-electron chi connectivity index (χ4n) is 2.07. The third-order valence-electron chi connectivity index (χ3n) is 3.44. The summed E-state index contributed by atoms with van der Waals surface area (Å²) in [6, 6.07) is 7.14. The number of rotatable bonds is 6. The third-order valence-corrected chi connectivity index (χ3v) is 4.54. The highest BCUT2D eigenvalue weighted by Gasteiger charge is 2.37. The average molecular weight is 390 g/mol. The van der Waals surface area contributed by atoms with Gasteiger partial charge in [-0.15, -0.1) is 5.10 Å². The van der Waals surface area contributed by atoms with Crippen LogP contribution in [0.2, 0.25) is 0 Å². The molecule has 0 amide bonds. The Hall–Kier alpha value is -2.40. The third kappa shape index (κ3) is 5.05. The first-order valence-electron chi connectivity index (χ1n) is 7.45. The number of hydrogen-bond acceptors (Lipinski definition) is 4. The molecule has 11 heteroatoms. The molecular weight excluding hydrogens is 373 g/mol. The summed E-state index contributed by atoms with van der Waals surface area (Å²) in [5.74, 6) is -1.34. The van der Waals surface area contributed by atoms with Crippen LogP contribution in [0.5, 0.6) is 0 Å². The van der Waals surface area contributed by atoms with Crippen molar-refractivity contribution >= 4 is 16.1 Å². The highest BCUT2D eigenvalue weighted by atomic mass is 32.2. The van der Waals surface area contributed by atoms with E-state index in [1.54, 1.807) is 12.1 Å². The Morgan fingerprint density at radius 1 is 1.23 bits per heavy atom. The van der Waals surface area contributed by atoms with Crippen molar-refractivity contribution in [3.8, 4) is 0 Å². The molecule has 2 rings (SSSR count). The first-order chi connectivity index (χ1) is 12.0. The zero-order valence-corrected chi connectivity index (χ0v) is 14.8. The van der Waals surface area contributed by atoms with E-state index in [2.05, 4.69) is 9.82 Å². The van der Waals surface area contributed by atoms with E-state index in [-0.39, 0.29) is 13.1 Å². The second kappa shape index (κ2) is 7.46. The summed E-state index contributed by atoms with van der Waals surface area (Å²) >= 11 is 0. The number of benzene rings is 1. The van der Waals surface area contributed by atoms with Crippen LogP contribution in [0.4, 0.5) is 13.2 Å². The Morgan fingerprint density at radius 2 is 1.85 bits per heavy atom. The number of aromatic nitrogens is 3. The predicted octanol–water partition coefficient (Wildman–Crippen LogP) is 1.50. The van der Waals surface area contributed by atoms with Crippen LogP contribution >= 0.6 is 0 Å². The van der Waals surface area contributed by atoms with E-state index in [1.165, 1.54) is 6.08 Å². The highest BCUT2D eigenvalue weighted by Crippen LogP contribution is 2.25. The Kier molecular flexibility index (Phi) is 5.71. The maximum atomic E-state index is 12.7. The summed E-state index contributed by atoms with van der Waals surface area (Å²) in [6.07, 6.45) is -3.38. The number of halogens is 3. The second-order valence-electron chi connectivity index (χ2n) is 5.54. The minimum absolute atomic E-state index is 0.283. The molecule has 0 aliphatic rings. The molecule has 26 heavy (non-hydrogen) atoms. The summed E-state index contributed by atoms with van der Waals surface area (Å²) in [5.41, 5.74) is 0.727. The summed E-state index contributed by atoms with van der Waals surface area (Å²) in [7, 11) is -2.86. The molecule has 0 saturated carbocycles. The number of hydrogen-bond donors (Lipinski definition) is 1. The summed E-state index contributed by atoms with van der Waals surface area (Å²) in [4.78, 5) is 11.7. The van der Waals surface area contributed by atoms with Gasteiger partial charge in [-0.3, -0.25) is 4.57 Å². The molecule has 1 aromatic carbocycles. The summed E-state index contributed by atoms with van der Waals surface area (Å²) < 4.78 is 64.9. The lowest BCUT2D eigenvalue weighted by Gasteiger charge is -2.03. The topological polar surface area (TPSA) is 86.0 Å². The van der Waals surface area contributed by atoms with E-state index in [9.17, 15) is 26.4 Å². The van der Waals surface area contributed by atoms with Gasteiger partial charge in [-0.1, -0.05) is 29.8 Å². The van der Waals surface area contributed by atoms with Crippen molar-refractivity contribution in [1.82, 2.24) is 19.1 Å². The first kappa shape index (κ1) is 19.9. The van der Waals surface area contributed by atoms with Gasteiger partial charge in [-0.2, -0.15) is 13.2 Å². The molecule has 0 aliphatic carbocycles. The summed E-state index contributed by atoms with van der Waals surface area (Å²) in [6.45, 7) is 1.28. The highest BCUT2D eigenvalue weighted by molar-refractivity contribution is 7.92. The van der Waals surface area contributed by atoms with Crippen molar-refractivity contribution in [3.63, 3.8) is 0 Å². The van der Waals surface area contributed by atoms with E-state index in [0.29, 0.717) is 14.8 Å². The Balaban J connectivity index is 2.01. The van der Waals surface area contributed by atoms with E-state index >= 15 is 0 Å². The number of aryl methyl sites for hydroxylation is 1. The lowest BCUT2D eigenvalue weighted by molar-refractivity contribution is -0.147. The number of nitrogens with one attached hydrogen (secondary N) is 1. The van der Waals surface area contributed by atoms with Crippen molar-refractivity contribution in [2.75, 3.05) is 6.54 Å². The van der Waals surface area contributed by atoms with Crippen LogP contribution in [-0.4, -0.2) is 29.3 Å². The molecule has 0 fully saturated rings. The largest absolute Gasteiger partial charge is 0.451 e. The van der Waals surface area contributed by atoms with Gasteiger partial charge < -0.3 is 0 Å². The standard InChI is InChI=1S/C15H17F3N4O3S/c1-11-3-5-12(6-4-11)7-10-26(24,25)19-8-9-22-14(23)21(2)13(20-22)15(16,17)18/h3-7,10,19H,8-9H2,1-2H3/b10-7+. The molecule has 142 valence electrons. The van der Waals surface area contributed by atoms with Gasteiger partial charge in [-0.25, -0.2) is 22.6 Å². The molecule has 0 saturated heterocycles. The lowest BCUT2D eigenvalue weighted by Crippen LogP contribution is -2.31. The molecule has 0 atom stereocenters. The minimum Gasteiger partial charge on any atom is -0.274 e. The molecule has 0 unspecified atom stereocenters. The van der Waals surface area contributed by atoms with Crippen LogP contribution in [0.3, 0.4) is 0 Å². The van der Waals surface area contributed by atoms with Gasteiger partial charge in [0.05, 0.1) is 6.54 Å². The van der Waals surface area contributed by atoms with Crippen molar-refractivity contribution in [1.29, 1.82) is 0 Å². The van der Waals surface area contributed by atoms with Gasteiger partial charge in [0, 0.05) is 19.0 Å². The molecule has 1 aromatic heterocycles. The molecule has 7 nitrogen and oxygen atoms in total. The number of nitrogens with zero attached hydrogens (tertiary/aromatic N) is 3. The SMILES string of the molecule is Cc1ccc(/C=C/S(=O)(=O)NCCn2nc(C(F)(F)F)n(C)c2=O)cc1. The zero-order valence-electron chi connectivity index (χ0n) is 14.0. The maximum absolute atomic E-state index is 12.7. The van der Waals surface area contributed by atoms with Crippen LogP contribution in [-0.2, 0) is 29.8 Å². The second-order valence-corrected chi connectivity index (χ2v) is 7.19. The molecule has 2 aromatic rings. The van der Waals surface area contributed by atoms with Crippen molar-refractivity contribution in [3.05, 3.63) is 57.1 Å². The maximum Gasteiger partial charge on any atom is 0.451 e. The van der Waals surface area contributed by atoms with Gasteiger partial charge in [-0.05, 0) is 18.6 Å². The molecule has 0 spiro atoms. The number of sulfonamides is 1. The first-order valence-corrected chi connectivity index (χ1v) is 9.00. The Labute approximate surface area is 147 Å². The van der Waals surface area contributed by atoms with Crippen LogP contribution < -0.4 is 10.4 Å². The minimum atomic E-state index is -4.77. The molecule has 0 aliphatic heterocycles.